The topological polar surface area (TPSA) is 61.1 Å². The number of rotatable bonds is 7. The maximum Gasteiger partial charge on any atom is 0.314 e. The normalized spacial score (nSPS) is 29.1. The first kappa shape index (κ1) is 21.3. The van der Waals surface area contributed by atoms with Crippen LogP contribution >= 0.6 is 0 Å². The predicted molar refractivity (Wildman–Crippen MR) is 112 cm³/mol. The lowest BCUT2D eigenvalue weighted by Gasteiger charge is -2.43. The smallest absolute Gasteiger partial charge is 0.314 e. The standard InChI is InChI=1S/C25H30FNO2/c1-2-3-4-7-18-10-12-21(13-11-18)25(22-9-6-5-8-20(22)17-27)15-14-19(24(28)29)16-23(25)26/h5-6,8-9,14-16,18-19,21H,2-4,7,10-13H2,1H3,(H,28,29)/t18-,19?,21-,25?. The van der Waals surface area contributed by atoms with Crippen LogP contribution in [-0.4, -0.2) is 11.1 Å². The van der Waals surface area contributed by atoms with Gasteiger partial charge >= 0.3 is 5.97 Å². The van der Waals surface area contributed by atoms with Gasteiger partial charge in [0.1, 0.15) is 5.83 Å². The molecule has 2 atom stereocenters. The van der Waals surface area contributed by atoms with Gasteiger partial charge in [0.05, 0.1) is 23.0 Å². The molecular formula is C25H30FNO2. The minimum absolute atomic E-state index is 0.0293. The van der Waals surface area contributed by atoms with Gasteiger partial charge in [-0.15, -0.1) is 0 Å². The number of allylic oxidation sites excluding steroid dienone is 2. The zero-order valence-corrected chi connectivity index (χ0v) is 17.1. The van der Waals surface area contributed by atoms with Crippen LogP contribution in [0.5, 0.6) is 0 Å². The second-order valence-electron chi connectivity index (χ2n) is 8.48. The fourth-order valence-electron chi connectivity index (χ4n) is 5.14. The molecular weight excluding hydrogens is 365 g/mol. The predicted octanol–water partition coefficient (Wildman–Crippen LogP) is 6.31. The van der Waals surface area contributed by atoms with Crippen molar-refractivity contribution in [1.29, 1.82) is 5.26 Å². The van der Waals surface area contributed by atoms with Crippen LogP contribution in [-0.2, 0) is 10.2 Å². The first-order valence-corrected chi connectivity index (χ1v) is 10.8. The molecule has 154 valence electrons. The van der Waals surface area contributed by atoms with Crippen molar-refractivity contribution < 1.29 is 14.3 Å². The van der Waals surface area contributed by atoms with Crippen LogP contribution in [0.2, 0.25) is 0 Å². The molecule has 2 aliphatic rings. The highest BCUT2D eigenvalue weighted by Gasteiger charge is 2.47. The second kappa shape index (κ2) is 9.39. The highest BCUT2D eigenvalue weighted by atomic mass is 19.1. The lowest BCUT2D eigenvalue weighted by molar-refractivity contribution is -0.138. The van der Waals surface area contributed by atoms with Gasteiger partial charge in [-0.1, -0.05) is 75.8 Å². The molecule has 29 heavy (non-hydrogen) atoms. The zero-order valence-electron chi connectivity index (χ0n) is 17.1. The van der Waals surface area contributed by atoms with Crippen LogP contribution in [0, 0.1) is 29.1 Å². The molecule has 2 aliphatic carbocycles. The number of aliphatic carboxylic acids is 1. The van der Waals surface area contributed by atoms with Crippen LogP contribution in [0.25, 0.3) is 0 Å². The van der Waals surface area contributed by atoms with Crippen molar-refractivity contribution in [3.63, 3.8) is 0 Å². The number of unbranched alkanes of at least 4 members (excludes halogenated alkanes) is 2. The van der Waals surface area contributed by atoms with E-state index in [0.717, 1.165) is 25.7 Å². The Morgan fingerprint density at radius 2 is 1.97 bits per heavy atom. The molecule has 3 nitrogen and oxygen atoms in total. The number of halogens is 1. The van der Waals surface area contributed by atoms with Gasteiger partial charge in [0.15, 0.2) is 0 Å². The van der Waals surface area contributed by atoms with Gasteiger partial charge in [-0.05, 0) is 42.4 Å². The average Bonchev–Trinajstić information content (AvgIpc) is 2.74. The Morgan fingerprint density at radius 3 is 2.59 bits per heavy atom. The minimum Gasteiger partial charge on any atom is -0.481 e. The Hall–Kier alpha value is -2.41. The summed E-state index contributed by atoms with van der Waals surface area (Å²) in [4.78, 5) is 11.4. The maximum atomic E-state index is 15.7. The summed E-state index contributed by atoms with van der Waals surface area (Å²) in [6.45, 7) is 2.21. The number of hydrogen-bond acceptors (Lipinski definition) is 2. The third-order valence-corrected chi connectivity index (χ3v) is 6.77. The van der Waals surface area contributed by atoms with E-state index in [-0.39, 0.29) is 5.92 Å². The number of benzene rings is 1. The molecule has 3 rings (SSSR count). The fourth-order valence-corrected chi connectivity index (χ4v) is 5.14. The third-order valence-electron chi connectivity index (χ3n) is 6.77. The zero-order chi connectivity index (χ0) is 20.9. The summed E-state index contributed by atoms with van der Waals surface area (Å²) >= 11 is 0. The molecule has 0 saturated heterocycles. The molecule has 2 unspecified atom stereocenters. The van der Waals surface area contributed by atoms with E-state index in [1.54, 1.807) is 24.3 Å². The molecule has 0 spiro atoms. The number of nitriles is 1. The Bertz CT molecular complexity index is 829. The van der Waals surface area contributed by atoms with Gasteiger partial charge in [-0.2, -0.15) is 5.26 Å². The van der Waals surface area contributed by atoms with E-state index < -0.39 is 23.1 Å². The Morgan fingerprint density at radius 1 is 1.24 bits per heavy atom. The highest BCUT2D eigenvalue weighted by Crippen LogP contribution is 2.51. The van der Waals surface area contributed by atoms with E-state index in [9.17, 15) is 15.2 Å². The van der Waals surface area contributed by atoms with Crippen molar-refractivity contribution in [1.82, 2.24) is 0 Å². The van der Waals surface area contributed by atoms with Crippen molar-refractivity contribution in [2.24, 2.45) is 17.8 Å². The van der Waals surface area contributed by atoms with Crippen molar-refractivity contribution >= 4 is 5.97 Å². The number of nitrogens with zero attached hydrogens (tertiary/aromatic N) is 1. The summed E-state index contributed by atoms with van der Waals surface area (Å²) < 4.78 is 15.7. The molecule has 0 radical (unpaired) electrons. The lowest BCUT2D eigenvalue weighted by Crippen LogP contribution is -2.39. The minimum atomic E-state index is -1.06. The van der Waals surface area contributed by atoms with Gasteiger partial charge in [-0.3, -0.25) is 4.79 Å². The first-order chi connectivity index (χ1) is 14.0. The molecule has 0 amide bonds. The summed E-state index contributed by atoms with van der Waals surface area (Å²) in [7, 11) is 0. The Labute approximate surface area is 172 Å². The van der Waals surface area contributed by atoms with Crippen molar-refractivity contribution in [3.05, 3.63) is 59.4 Å². The van der Waals surface area contributed by atoms with Crippen LogP contribution in [0.3, 0.4) is 0 Å². The molecule has 1 aromatic rings. The molecule has 0 heterocycles. The molecule has 1 saturated carbocycles. The van der Waals surface area contributed by atoms with Gasteiger partial charge < -0.3 is 5.11 Å². The maximum absolute atomic E-state index is 15.7. The van der Waals surface area contributed by atoms with Gasteiger partial charge in [0.25, 0.3) is 0 Å². The number of carbonyl (C=O) groups is 1. The van der Waals surface area contributed by atoms with Crippen LogP contribution in [0.4, 0.5) is 4.39 Å². The van der Waals surface area contributed by atoms with Crippen LogP contribution in [0.15, 0.2) is 48.3 Å². The van der Waals surface area contributed by atoms with Crippen LogP contribution < -0.4 is 0 Å². The summed E-state index contributed by atoms with van der Waals surface area (Å²) in [5.41, 5.74) is 0.0810. The van der Waals surface area contributed by atoms with Crippen molar-refractivity contribution in [2.75, 3.05) is 0 Å². The first-order valence-electron chi connectivity index (χ1n) is 10.8. The van der Waals surface area contributed by atoms with Gasteiger partial charge in [0.2, 0.25) is 0 Å². The fraction of sp³-hybridized carbons (Fsp3) is 0.520. The van der Waals surface area contributed by atoms with E-state index in [0.29, 0.717) is 17.0 Å². The third kappa shape index (κ3) is 4.29. The molecule has 0 bridgehead atoms. The largest absolute Gasteiger partial charge is 0.481 e. The van der Waals surface area contributed by atoms with Crippen molar-refractivity contribution in [3.8, 4) is 6.07 Å². The summed E-state index contributed by atoms with van der Waals surface area (Å²) in [6, 6.07) is 9.37. The quantitative estimate of drug-likeness (QED) is 0.435. The van der Waals surface area contributed by atoms with E-state index in [1.165, 1.54) is 31.8 Å². The van der Waals surface area contributed by atoms with E-state index >= 15 is 4.39 Å². The SMILES string of the molecule is CCCCC[C@H]1CC[C@H](C2(c3ccccc3C#N)C=CC(C(=O)O)C=C2F)CC1. The summed E-state index contributed by atoms with van der Waals surface area (Å²) in [5.74, 6) is -1.72. The molecule has 0 aromatic heterocycles. The lowest BCUT2D eigenvalue weighted by atomic mass is 9.60. The monoisotopic (exact) mass is 395 g/mol. The summed E-state index contributed by atoms with van der Waals surface area (Å²) in [5, 5.41) is 19.0. The molecule has 1 aromatic carbocycles. The molecule has 0 aliphatic heterocycles. The Kier molecular flexibility index (Phi) is 6.90. The number of hydrogen-bond donors (Lipinski definition) is 1. The van der Waals surface area contributed by atoms with Gasteiger partial charge in [0, 0.05) is 0 Å². The molecule has 4 heteroatoms. The Balaban J connectivity index is 1.92. The van der Waals surface area contributed by atoms with E-state index in [4.69, 9.17) is 0 Å². The van der Waals surface area contributed by atoms with Crippen LogP contribution in [0.1, 0.15) is 69.4 Å². The molecule has 1 N–H and O–H groups in total. The van der Waals surface area contributed by atoms with E-state index in [1.807, 2.05) is 12.1 Å². The summed E-state index contributed by atoms with van der Waals surface area (Å²) in [6.07, 6.45) is 13.4. The highest BCUT2D eigenvalue weighted by molar-refractivity contribution is 5.75. The van der Waals surface area contributed by atoms with Crippen molar-refractivity contribution in [2.45, 2.75) is 63.7 Å². The molecule has 1 fully saturated rings. The van der Waals surface area contributed by atoms with Gasteiger partial charge in [-0.25, -0.2) is 4.39 Å². The number of carboxylic acid groups (broad SMARTS) is 1. The second-order valence-corrected chi connectivity index (χ2v) is 8.48. The van der Waals surface area contributed by atoms with E-state index in [2.05, 4.69) is 13.0 Å². The average molecular weight is 396 g/mol. The number of carboxylic acids is 1.